The minimum Gasteiger partial charge on any atom is -0.481 e. The number of nitrogens with one attached hydrogen (secondary N) is 1. The molecule has 18 heavy (non-hydrogen) atoms. The van der Waals surface area contributed by atoms with Gasteiger partial charge in [0.1, 0.15) is 0 Å². The summed E-state index contributed by atoms with van der Waals surface area (Å²) in [6, 6.07) is 0.453. The maximum Gasteiger partial charge on any atom is 0.303 e. The van der Waals surface area contributed by atoms with Gasteiger partial charge in [0.2, 0.25) is 5.91 Å². The summed E-state index contributed by atoms with van der Waals surface area (Å²) in [6.07, 6.45) is 2.69. The number of rotatable bonds is 7. The van der Waals surface area contributed by atoms with E-state index < -0.39 is 5.97 Å². The molecule has 5 nitrogen and oxygen atoms in total. The molecule has 0 aromatic carbocycles. The Morgan fingerprint density at radius 1 is 1.44 bits per heavy atom. The lowest BCUT2D eigenvalue weighted by atomic mass is 10.0. The molecular formula is C13H24N2O3. The topological polar surface area (TPSA) is 69.6 Å². The van der Waals surface area contributed by atoms with Gasteiger partial charge < -0.3 is 10.4 Å². The first-order valence-corrected chi connectivity index (χ1v) is 6.75. The van der Waals surface area contributed by atoms with Crippen LogP contribution in [-0.4, -0.2) is 47.6 Å². The summed E-state index contributed by atoms with van der Waals surface area (Å²) in [5, 5.41) is 11.5. The van der Waals surface area contributed by atoms with Crippen LogP contribution < -0.4 is 5.32 Å². The third-order valence-corrected chi connectivity index (χ3v) is 3.50. The maximum atomic E-state index is 11.7. The molecule has 0 saturated carbocycles. The van der Waals surface area contributed by atoms with E-state index in [1.165, 1.54) is 6.42 Å². The zero-order chi connectivity index (χ0) is 13.5. The second-order valence-electron chi connectivity index (χ2n) is 5.14. The molecule has 1 aliphatic rings. The number of likely N-dealkylation sites (N-methyl/N-ethyl adjacent to an activating group) is 1. The van der Waals surface area contributed by atoms with Gasteiger partial charge in [0, 0.05) is 25.4 Å². The van der Waals surface area contributed by atoms with Gasteiger partial charge in [-0.3, -0.25) is 14.5 Å². The van der Waals surface area contributed by atoms with Gasteiger partial charge in [-0.25, -0.2) is 0 Å². The molecule has 0 spiro atoms. The minimum absolute atomic E-state index is 0.0355. The number of carboxylic acids is 1. The first kappa shape index (κ1) is 15.0. The quantitative estimate of drug-likeness (QED) is 0.715. The van der Waals surface area contributed by atoms with Crippen molar-refractivity contribution < 1.29 is 14.7 Å². The molecule has 1 aliphatic heterocycles. The number of hydrogen-bond acceptors (Lipinski definition) is 3. The molecule has 0 aromatic heterocycles. The lowest BCUT2D eigenvalue weighted by molar-refractivity contribution is -0.138. The number of carboxylic acid groups (broad SMARTS) is 1. The lowest BCUT2D eigenvalue weighted by Crippen LogP contribution is -2.40. The number of amides is 1. The summed E-state index contributed by atoms with van der Waals surface area (Å²) >= 11 is 0. The van der Waals surface area contributed by atoms with Crippen LogP contribution in [0.5, 0.6) is 0 Å². The molecule has 1 saturated heterocycles. The second-order valence-corrected chi connectivity index (χ2v) is 5.14. The number of nitrogens with zero attached hydrogens (tertiary/aromatic N) is 1. The normalized spacial score (nSPS) is 21.8. The van der Waals surface area contributed by atoms with Crippen LogP contribution in [0.25, 0.3) is 0 Å². The SMILES string of the molecule is CCN1CCCC1CNC(=O)CC(C)CC(=O)O. The van der Waals surface area contributed by atoms with Crippen molar-refractivity contribution in [3.8, 4) is 0 Å². The van der Waals surface area contributed by atoms with E-state index >= 15 is 0 Å². The highest BCUT2D eigenvalue weighted by molar-refractivity contribution is 5.77. The van der Waals surface area contributed by atoms with Crippen molar-refractivity contribution >= 4 is 11.9 Å². The van der Waals surface area contributed by atoms with Crippen molar-refractivity contribution in [2.24, 2.45) is 5.92 Å². The van der Waals surface area contributed by atoms with E-state index in [2.05, 4.69) is 17.1 Å². The van der Waals surface area contributed by atoms with Crippen molar-refractivity contribution in [3.63, 3.8) is 0 Å². The van der Waals surface area contributed by atoms with Crippen LogP contribution in [0, 0.1) is 5.92 Å². The van der Waals surface area contributed by atoms with Crippen LogP contribution in [0.15, 0.2) is 0 Å². The fourth-order valence-corrected chi connectivity index (χ4v) is 2.53. The van der Waals surface area contributed by atoms with Crippen LogP contribution >= 0.6 is 0 Å². The third kappa shape index (κ3) is 5.04. The zero-order valence-corrected chi connectivity index (χ0v) is 11.3. The Bertz CT molecular complexity index is 294. The first-order valence-electron chi connectivity index (χ1n) is 6.75. The summed E-state index contributed by atoms with van der Waals surface area (Å²) in [5.41, 5.74) is 0. The zero-order valence-electron chi connectivity index (χ0n) is 11.3. The Balaban J connectivity index is 2.22. The summed E-state index contributed by atoms with van der Waals surface area (Å²) in [4.78, 5) is 24.5. The molecule has 2 unspecified atom stereocenters. The Morgan fingerprint density at radius 2 is 2.17 bits per heavy atom. The molecule has 104 valence electrons. The van der Waals surface area contributed by atoms with E-state index in [0.717, 1.165) is 19.5 Å². The highest BCUT2D eigenvalue weighted by Crippen LogP contribution is 2.15. The van der Waals surface area contributed by atoms with Crippen LogP contribution in [0.1, 0.15) is 39.5 Å². The van der Waals surface area contributed by atoms with E-state index in [1.807, 2.05) is 0 Å². The van der Waals surface area contributed by atoms with E-state index in [1.54, 1.807) is 6.92 Å². The van der Waals surface area contributed by atoms with Crippen molar-refractivity contribution in [1.29, 1.82) is 0 Å². The van der Waals surface area contributed by atoms with Crippen molar-refractivity contribution in [2.75, 3.05) is 19.6 Å². The van der Waals surface area contributed by atoms with Gasteiger partial charge in [-0.05, 0) is 31.8 Å². The Morgan fingerprint density at radius 3 is 2.78 bits per heavy atom. The molecule has 1 amide bonds. The number of hydrogen-bond donors (Lipinski definition) is 2. The summed E-state index contributed by atoms with van der Waals surface area (Å²) in [7, 11) is 0. The van der Waals surface area contributed by atoms with E-state index in [9.17, 15) is 9.59 Å². The molecule has 1 rings (SSSR count). The lowest BCUT2D eigenvalue weighted by Gasteiger charge is -2.23. The standard InChI is InChI=1S/C13H24N2O3/c1-3-15-6-4-5-11(15)9-14-12(16)7-10(2)8-13(17)18/h10-11H,3-9H2,1-2H3,(H,14,16)(H,17,18). The predicted molar refractivity (Wildman–Crippen MR) is 69.3 cm³/mol. The maximum absolute atomic E-state index is 11.7. The van der Waals surface area contributed by atoms with Crippen LogP contribution in [0.4, 0.5) is 0 Å². The smallest absolute Gasteiger partial charge is 0.303 e. The average Bonchev–Trinajstić information content (AvgIpc) is 2.72. The molecule has 5 heteroatoms. The second kappa shape index (κ2) is 7.36. The van der Waals surface area contributed by atoms with Crippen molar-refractivity contribution in [2.45, 2.75) is 45.6 Å². The molecule has 0 radical (unpaired) electrons. The number of carbonyl (C=O) groups excluding carboxylic acids is 1. The highest BCUT2D eigenvalue weighted by Gasteiger charge is 2.23. The molecule has 0 aliphatic carbocycles. The summed E-state index contributed by atoms with van der Waals surface area (Å²) in [5.74, 6) is -0.983. The molecule has 1 fully saturated rings. The predicted octanol–water partition coefficient (Wildman–Crippen LogP) is 1.09. The summed E-state index contributed by atoms with van der Waals surface area (Å²) < 4.78 is 0. The summed E-state index contributed by atoms with van der Waals surface area (Å²) in [6.45, 7) is 6.76. The average molecular weight is 256 g/mol. The molecule has 0 bridgehead atoms. The van der Waals surface area contributed by atoms with Gasteiger partial charge in [0.15, 0.2) is 0 Å². The van der Waals surface area contributed by atoms with E-state index in [0.29, 0.717) is 19.0 Å². The van der Waals surface area contributed by atoms with Gasteiger partial charge in [-0.1, -0.05) is 13.8 Å². The Hall–Kier alpha value is -1.10. The highest BCUT2D eigenvalue weighted by atomic mass is 16.4. The minimum atomic E-state index is -0.844. The fraction of sp³-hybridized carbons (Fsp3) is 0.846. The molecule has 1 heterocycles. The molecule has 2 N–H and O–H groups in total. The number of carbonyl (C=O) groups is 2. The molecular weight excluding hydrogens is 232 g/mol. The van der Waals surface area contributed by atoms with E-state index in [-0.39, 0.29) is 18.2 Å². The third-order valence-electron chi connectivity index (χ3n) is 3.50. The Labute approximate surface area is 109 Å². The van der Waals surface area contributed by atoms with Gasteiger partial charge in [-0.15, -0.1) is 0 Å². The van der Waals surface area contributed by atoms with E-state index in [4.69, 9.17) is 5.11 Å². The molecule has 2 atom stereocenters. The van der Waals surface area contributed by atoms with Crippen LogP contribution in [0.3, 0.4) is 0 Å². The fourth-order valence-electron chi connectivity index (χ4n) is 2.53. The van der Waals surface area contributed by atoms with Crippen LogP contribution in [-0.2, 0) is 9.59 Å². The van der Waals surface area contributed by atoms with Gasteiger partial charge in [-0.2, -0.15) is 0 Å². The van der Waals surface area contributed by atoms with Crippen LogP contribution in [0.2, 0.25) is 0 Å². The van der Waals surface area contributed by atoms with Gasteiger partial charge in [0.25, 0.3) is 0 Å². The largest absolute Gasteiger partial charge is 0.481 e. The monoisotopic (exact) mass is 256 g/mol. The number of aliphatic carboxylic acids is 1. The van der Waals surface area contributed by atoms with Gasteiger partial charge >= 0.3 is 5.97 Å². The Kier molecular flexibility index (Phi) is 6.12. The molecule has 0 aromatic rings. The van der Waals surface area contributed by atoms with Crippen molar-refractivity contribution in [3.05, 3.63) is 0 Å². The first-order chi connectivity index (χ1) is 8.52. The number of likely N-dealkylation sites (tertiary alicyclic amines) is 1. The van der Waals surface area contributed by atoms with Crippen molar-refractivity contribution in [1.82, 2.24) is 10.2 Å². The van der Waals surface area contributed by atoms with Gasteiger partial charge in [0.05, 0.1) is 0 Å².